The van der Waals surface area contributed by atoms with Gasteiger partial charge in [0.1, 0.15) is 0 Å². The second-order valence-corrected chi connectivity index (χ2v) is 11.5. The molecule has 3 nitrogen and oxygen atoms in total. The average molecular weight is 645 g/mol. The smallest absolute Gasteiger partial charge is 0.347 e. The van der Waals surface area contributed by atoms with E-state index in [1.165, 1.54) is 44.9 Å². The number of carbonyl (C=O) groups is 1. The maximum Gasteiger partial charge on any atom is 0.347 e. The molecule has 0 aromatic carbocycles. The molecule has 0 aliphatic rings. The Morgan fingerprint density at radius 2 is 0.894 bits per heavy atom. The van der Waals surface area contributed by atoms with Crippen molar-refractivity contribution in [3.8, 4) is 0 Å². The summed E-state index contributed by atoms with van der Waals surface area (Å²) in [5, 5.41) is 0. The van der Waals surface area contributed by atoms with E-state index in [1.54, 1.807) is 12.3 Å². The lowest BCUT2D eigenvalue weighted by molar-refractivity contribution is -0.154. The third-order valence-electron chi connectivity index (χ3n) is 7.21. The first-order valence-electron chi connectivity index (χ1n) is 18.6. The number of unbranched alkanes of at least 4 members (excludes halogenated alkanes) is 9. The predicted molar refractivity (Wildman–Crippen MR) is 207 cm³/mol. The van der Waals surface area contributed by atoms with Crippen LogP contribution in [0.1, 0.15) is 136 Å². The Morgan fingerprint density at radius 3 is 1.47 bits per heavy atom. The molecule has 1 atom stereocenters. The molecule has 0 N–H and O–H groups in total. The van der Waals surface area contributed by atoms with E-state index < -0.39 is 6.10 Å². The van der Waals surface area contributed by atoms with Gasteiger partial charge < -0.3 is 9.47 Å². The molecule has 3 heteroatoms. The molecule has 0 fully saturated rings. The summed E-state index contributed by atoms with van der Waals surface area (Å²) in [7, 11) is 0. The number of carbonyl (C=O) groups excluding carboxylic acids is 1. The average Bonchev–Trinajstić information content (AvgIpc) is 3.08. The summed E-state index contributed by atoms with van der Waals surface area (Å²) in [6.45, 7) is 6.71. The van der Waals surface area contributed by atoms with Crippen molar-refractivity contribution < 1.29 is 14.3 Å². The fourth-order valence-corrected chi connectivity index (χ4v) is 4.45. The van der Waals surface area contributed by atoms with Crippen molar-refractivity contribution in [1.29, 1.82) is 0 Å². The lowest BCUT2D eigenvalue weighted by Gasteiger charge is -2.13. The van der Waals surface area contributed by atoms with Gasteiger partial charge in [0.15, 0.2) is 6.10 Å². The lowest BCUT2D eigenvalue weighted by atomic mass is 10.1. The van der Waals surface area contributed by atoms with Gasteiger partial charge in [-0.2, -0.15) is 0 Å². The summed E-state index contributed by atoms with van der Waals surface area (Å²) in [4.78, 5) is 12.3. The maximum atomic E-state index is 12.3. The minimum Gasteiger partial charge on any atom is -0.486 e. The molecule has 0 aliphatic carbocycles. The van der Waals surface area contributed by atoms with Gasteiger partial charge in [0, 0.05) is 0 Å². The molecule has 0 radical (unpaired) electrons. The Balaban J connectivity index is 3.80. The van der Waals surface area contributed by atoms with E-state index in [4.69, 9.17) is 9.47 Å². The lowest BCUT2D eigenvalue weighted by Crippen LogP contribution is -2.24. The standard InChI is InChI=1S/C44H68O3/c1-4-7-9-11-13-15-17-19-21-23-25-27-29-31-33-35-37-39-41-46-43(6-3)44(45)47-42-40-38-36-34-32-30-28-26-24-22-20-18-16-14-12-10-8-5-2/h7-10,14,16,20,22,26-29,31-35,37,39,41,43H,4-6,11-13,15,17-19,21,23-25,30,36,38,40,42H2,1-3H3/b9-7-,10-8?,16-14?,22-20?,28-26?,29-27-,33-31-,34-32?,37-35?,41-39?. The number of hydrogen-bond donors (Lipinski definition) is 0. The minimum absolute atomic E-state index is 0.291. The number of hydrogen-bond acceptors (Lipinski definition) is 3. The van der Waals surface area contributed by atoms with E-state index in [0.717, 1.165) is 64.2 Å². The molecule has 0 aromatic heterocycles. The Bertz CT molecular complexity index is 984. The maximum absolute atomic E-state index is 12.3. The van der Waals surface area contributed by atoms with Crippen molar-refractivity contribution in [2.75, 3.05) is 6.61 Å². The number of ether oxygens (including phenoxy) is 2. The van der Waals surface area contributed by atoms with Crippen LogP contribution in [-0.2, 0) is 14.3 Å². The van der Waals surface area contributed by atoms with Crippen molar-refractivity contribution in [2.24, 2.45) is 0 Å². The third-order valence-corrected chi connectivity index (χ3v) is 7.21. The van der Waals surface area contributed by atoms with Gasteiger partial charge in [0.2, 0.25) is 0 Å². The Labute approximate surface area is 290 Å². The van der Waals surface area contributed by atoms with E-state index in [0.29, 0.717) is 13.0 Å². The highest BCUT2D eigenvalue weighted by Crippen LogP contribution is 2.09. The van der Waals surface area contributed by atoms with E-state index in [1.807, 2.05) is 31.2 Å². The van der Waals surface area contributed by atoms with Gasteiger partial charge in [0.05, 0.1) is 12.9 Å². The van der Waals surface area contributed by atoms with Crippen LogP contribution in [0.3, 0.4) is 0 Å². The molecule has 262 valence electrons. The summed E-state index contributed by atoms with van der Waals surface area (Å²) >= 11 is 0. The van der Waals surface area contributed by atoms with Gasteiger partial charge in [-0.25, -0.2) is 4.79 Å². The first kappa shape index (κ1) is 43.7. The van der Waals surface area contributed by atoms with Gasteiger partial charge in [-0.3, -0.25) is 0 Å². The Hall–Kier alpha value is -3.33. The van der Waals surface area contributed by atoms with Crippen LogP contribution in [0.4, 0.5) is 0 Å². The van der Waals surface area contributed by atoms with Crippen molar-refractivity contribution in [2.45, 2.75) is 142 Å². The topological polar surface area (TPSA) is 35.5 Å². The van der Waals surface area contributed by atoms with Crippen LogP contribution in [-0.4, -0.2) is 18.7 Å². The summed E-state index contributed by atoms with van der Waals surface area (Å²) in [6, 6.07) is 0. The second kappa shape index (κ2) is 38.9. The summed E-state index contributed by atoms with van der Waals surface area (Å²) in [6.07, 6.45) is 61.7. The zero-order chi connectivity index (χ0) is 34.1. The third kappa shape index (κ3) is 35.4. The zero-order valence-electron chi connectivity index (χ0n) is 30.3. The summed E-state index contributed by atoms with van der Waals surface area (Å²) in [5.74, 6) is -0.291. The van der Waals surface area contributed by atoms with E-state index in [2.05, 4.69) is 98.9 Å². The normalized spacial score (nSPS) is 13.8. The predicted octanol–water partition coefficient (Wildman–Crippen LogP) is 13.5. The molecular formula is C44H68O3. The number of rotatable bonds is 31. The highest BCUT2D eigenvalue weighted by molar-refractivity contribution is 5.74. The van der Waals surface area contributed by atoms with Crippen LogP contribution >= 0.6 is 0 Å². The van der Waals surface area contributed by atoms with Crippen LogP contribution in [0.5, 0.6) is 0 Å². The molecule has 0 aliphatic heterocycles. The summed E-state index contributed by atoms with van der Waals surface area (Å²) in [5.41, 5.74) is 0. The largest absolute Gasteiger partial charge is 0.486 e. The highest BCUT2D eigenvalue weighted by atomic mass is 16.6. The SMILES string of the molecule is CCC=CCC=CCC=CCC=CCC=CCCCCOC(=O)C(CC)OC=CC=C/C=C\C=C/CCCCCCCC/C=C\CC. The van der Waals surface area contributed by atoms with Crippen LogP contribution < -0.4 is 0 Å². The fraction of sp³-hybridized carbons (Fsp3) is 0.523. The quantitative estimate of drug-likeness (QED) is 0.0248. The van der Waals surface area contributed by atoms with Gasteiger partial charge in [-0.15, -0.1) is 0 Å². The van der Waals surface area contributed by atoms with Crippen LogP contribution in [0.25, 0.3) is 0 Å². The molecule has 0 aromatic rings. The molecule has 0 saturated carbocycles. The Kier molecular flexibility index (Phi) is 36.1. The van der Waals surface area contributed by atoms with E-state index >= 15 is 0 Å². The van der Waals surface area contributed by atoms with Crippen molar-refractivity contribution >= 4 is 5.97 Å². The van der Waals surface area contributed by atoms with Gasteiger partial charge in [0.25, 0.3) is 0 Å². The monoisotopic (exact) mass is 645 g/mol. The zero-order valence-corrected chi connectivity index (χ0v) is 30.3. The van der Waals surface area contributed by atoms with Crippen molar-refractivity contribution in [3.63, 3.8) is 0 Å². The highest BCUT2D eigenvalue weighted by Gasteiger charge is 2.17. The second-order valence-electron chi connectivity index (χ2n) is 11.5. The Morgan fingerprint density at radius 1 is 0.468 bits per heavy atom. The van der Waals surface area contributed by atoms with Gasteiger partial charge in [-0.1, -0.05) is 156 Å². The molecular weight excluding hydrogens is 576 g/mol. The molecule has 0 bridgehead atoms. The number of esters is 1. The van der Waals surface area contributed by atoms with Gasteiger partial charge >= 0.3 is 5.97 Å². The van der Waals surface area contributed by atoms with Crippen LogP contribution in [0.15, 0.2) is 122 Å². The molecule has 0 saturated heterocycles. The molecule has 0 spiro atoms. The van der Waals surface area contributed by atoms with E-state index in [-0.39, 0.29) is 5.97 Å². The van der Waals surface area contributed by atoms with Crippen molar-refractivity contribution in [1.82, 2.24) is 0 Å². The first-order chi connectivity index (χ1) is 23.3. The molecule has 0 rings (SSSR count). The molecule has 47 heavy (non-hydrogen) atoms. The molecule has 0 heterocycles. The van der Waals surface area contributed by atoms with Crippen molar-refractivity contribution in [3.05, 3.63) is 122 Å². The first-order valence-corrected chi connectivity index (χ1v) is 18.6. The minimum atomic E-state index is -0.563. The van der Waals surface area contributed by atoms with E-state index in [9.17, 15) is 4.79 Å². The summed E-state index contributed by atoms with van der Waals surface area (Å²) < 4.78 is 11.0. The van der Waals surface area contributed by atoms with Gasteiger partial charge in [-0.05, 0) is 96.0 Å². The van der Waals surface area contributed by atoms with Crippen LogP contribution in [0.2, 0.25) is 0 Å². The molecule has 1 unspecified atom stereocenters. The molecule has 0 amide bonds. The fourth-order valence-electron chi connectivity index (χ4n) is 4.45. The van der Waals surface area contributed by atoms with Crippen LogP contribution in [0, 0.1) is 0 Å². The number of allylic oxidation sites excluding steroid dienone is 19.